The third kappa shape index (κ3) is 4.97. The molecule has 1 aromatic rings. The van der Waals surface area contributed by atoms with Crippen molar-refractivity contribution in [3.8, 4) is 0 Å². The highest BCUT2D eigenvalue weighted by Gasteiger charge is 2.17. The average Bonchev–Trinajstić information content (AvgIpc) is 2.45. The lowest BCUT2D eigenvalue weighted by molar-refractivity contribution is -0.136. The maximum atomic E-state index is 12.0. The summed E-state index contributed by atoms with van der Waals surface area (Å²) in [5, 5.41) is 13.5. The molecule has 1 aromatic carbocycles. The van der Waals surface area contributed by atoms with Crippen molar-refractivity contribution >= 4 is 23.6 Å². The normalized spacial score (nSPS) is 9.65. The summed E-state index contributed by atoms with van der Waals surface area (Å²) in [7, 11) is 1.47. The third-order valence-corrected chi connectivity index (χ3v) is 2.54. The largest absolute Gasteiger partial charge is 0.481 e. The van der Waals surface area contributed by atoms with Gasteiger partial charge in [0.1, 0.15) is 0 Å². The summed E-state index contributed by atoms with van der Waals surface area (Å²) in [5.41, 5.74) is 0.572. The SMILES string of the molecule is CNC(=O)CNC(=O)N(CCC(=O)O)c1ccccc1. The van der Waals surface area contributed by atoms with Gasteiger partial charge in [0.25, 0.3) is 0 Å². The highest BCUT2D eigenvalue weighted by molar-refractivity contribution is 5.94. The molecule has 7 heteroatoms. The number of aliphatic carboxylic acids is 1. The van der Waals surface area contributed by atoms with E-state index in [9.17, 15) is 14.4 Å². The first-order valence-electron chi connectivity index (χ1n) is 6.07. The molecule has 0 unspecified atom stereocenters. The lowest BCUT2D eigenvalue weighted by atomic mass is 10.3. The zero-order valence-corrected chi connectivity index (χ0v) is 11.1. The minimum absolute atomic E-state index is 0.0267. The highest BCUT2D eigenvalue weighted by Crippen LogP contribution is 2.13. The Morgan fingerprint density at radius 1 is 1.20 bits per heavy atom. The van der Waals surface area contributed by atoms with Crippen molar-refractivity contribution in [3.63, 3.8) is 0 Å². The molecule has 0 saturated carbocycles. The molecule has 0 aliphatic heterocycles. The van der Waals surface area contributed by atoms with E-state index < -0.39 is 12.0 Å². The van der Waals surface area contributed by atoms with E-state index in [0.717, 1.165) is 0 Å². The van der Waals surface area contributed by atoms with Gasteiger partial charge in [-0.2, -0.15) is 0 Å². The molecule has 0 bridgehead atoms. The second-order valence-corrected chi connectivity index (χ2v) is 3.96. The molecular weight excluding hydrogens is 262 g/mol. The molecular formula is C13H17N3O4. The van der Waals surface area contributed by atoms with Crippen LogP contribution in [0.25, 0.3) is 0 Å². The standard InChI is InChI=1S/C13H17N3O4/c1-14-11(17)9-15-13(20)16(8-7-12(18)19)10-5-3-2-4-6-10/h2-6H,7-9H2,1H3,(H,14,17)(H,15,20)(H,18,19). The molecule has 7 nitrogen and oxygen atoms in total. The Kier molecular flexibility index (Phi) is 6.02. The predicted octanol–water partition coefficient (Wildman–Crippen LogP) is 0.423. The third-order valence-electron chi connectivity index (χ3n) is 2.54. The molecule has 3 amide bonds. The average molecular weight is 279 g/mol. The summed E-state index contributed by atoms with van der Waals surface area (Å²) >= 11 is 0. The summed E-state index contributed by atoms with van der Waals surface area (Å²) in [4.78, 5) is 35.1. The number of carboxylic acids is 1. The zero-order valence-electron chi connectivity index (χ0n) is 11.1. The molecule has 0 saturated heterocycles. The number of hydrogen-bond donors (Lipinski definition) is 3. The van der Waals surface area contributed by atoms with E-state index >= 15 is 0 Å². The van der Waals surface area contributed by atoms with Crippen LogP contribution in [0.15, 0.2) is 30.3 Å². The summed E-state index contributed by atoms with van der Waals surface area (Å²) in [6.45, 7) is -0.134. The smallest absolute Gasteiger partial charge is 0.322 e. The first kappa shape index (κ1) is 15.5. The van der Waals surface area contributed by atoms with Crippen molar-refractivity contribution in [2.75, 3.05) is 25.0 Å². The number of hydrogen-bond acceptors (Lipinski definition) is 3. The number of likely N-dealkylation sites (N-methyl/N-ethyl adjacent to an activating group) is 1. The molecule has 108 valence electrons. The number of benzene rings is 1. The Labute approximate surface area is 116 Å². The van der Waals surface area contributed by atoms with Crippen molar-refractivity contribution in [1.29, 1.82) is 0 Å². The summed E-state index contributed by atoms with van der Waals surface area (Å²) in [5.74, 6) is -1.32. The highest BCUT2D eigenvalue weighted by atomic mass is 16.4. The first-order valence-corrected chi connectivity index (χ1v) is 6.07. The molecule has 0 atom stereocenters. The van der Waals surface area contributed by atoms with Gasteiger partial charge in [0.15, 0.2) is 0 Å². The fraction of sp³-hybridized carbons (Fsp3) is 0.308. The number of carbonyl (C=O) groups is 3. The minimum Gasteiger partial charge on any atom is -0.481 e. The maximum absolute atomic E-state index is 12.0. The van der Waals surface area contributed by atoms with Crippen LogP contribution in [0.1, 0.15) is 6.42 Å². The molecule has 0 heterocycles. The van der Waals surface area contributed by atoms with Gasteiger partial charge >= 0.3 is 12.0 Å². The number of nitrogens with one attached hydrogen (secondary N) is 2. The number of urea groups is 1. The fourth-order valence-electron chi connectivity index (χ4n) is 1.50. The molecule has 0 aromatic heterocycles. The molecule has 0 fully saturated rings. The van der Waals surface area contributed by atoms with Crippen LogP contribution in [0.4, 0.5) is 10.5 Å². The van der Waals surface area contributed by atoms with Crippen molar-refractivity contribution < 1.29 is 19.5 Å². The van der Waals surface area contributed by atoms with Crippen LogP contribution in [0.3, 0.4) is 0 Å². The van der Waals surface area contributed by atoms with E-state index in [2.05, 4.69) is 10.6 Å². The number of para-hydroxylation sites is 1. The number of anilines is 1. The van der Waals surface area contributed by atoms with Crippen LogP contribution in [0.5, 0.6) is 0 Å². The lowest BCUT2D eigenvalue weighted by Gasteiger charge is -2.22. The number of carbonyl (C=O) groups excluding carboxylic acids is 2. The van der Waals surface area contributed by atoms with Crippen molar-refractivity contribution in [3.05, 3.63) is 30.3 Å². The van der Waals surface area contributed by atoms with Gasteiger partial charge in [-0.3, -0.25) is 14.5 Å². The second-order valence-electron chi connectivity index (χ2n) is 3.96. The van der Waals surface area contributed by atoms with Crippen molar-refractivity contribution in [2.45, 2.75) is 6.42 Å². The second kappa shape index (κ2) is 7.78. The van der Waals surface area contributed by atoms with Gasteiger partial charge in [-0.05, 0) is 12.1 Å². The molecule has 1 rings (SSSR count). The molecule has 0 aliphatic rings. The van der Waals surface area contributed by atoms with Crippen molar-refractivity contribution in [1.82, 2.24) is 10.6 Å². The van der Waals surface area contributed by atoms with E-state index in [-0.39, 0.29) is 25.4 Å². The monoisotopic (exact) mass is 279 g/mol. The zero-order chi connectivity index (χ0) is 15.0. The van der Waals surface area contributed by atoms with Crippen LogP contribution in [0.2, 0.25) is 0 Å². The Balaban J connectivity index is 2.74. The summed E-state index contributed by atoms with van der Waals surface area (Å²) in [6, 6.07) is 8.16. The Morgan fingerprint density at radius 2 is 1.85 bits per heavy atom. The van der Waals surface area contributed by atoms with E-state index in [1.54, 1.807) is 30.3 Å². The van der Waals surface area contributed by atoms with E-state index in [4.69, 9.17) is 5.11 Å². The van der Waals surface area contributed by atoms with Crippen LogP contribution in [-0.4, -0.2) is 43.2 Å². The quantitative estimate of drug-likeness (QED) is 0.703. The van der Waals surface area contributed by atoms with Crippen LogP contribution in [-0.2, 0) is 9.59 Å². The lowest BCUT2D eigenvalue weighted by Crippen LogP contribution is -2.44. The van der Waals surface area contributed by atoms with Crippen LogP contribution < -0.4 is 15.5 Å². The van der Waals surface area contributed by atoms with Crippen LogP contribution >= 0.6 is 0 Å². The fourth-order valence-corrected chi connectivity index (χ4v) is 1.50. The number of rotatable bonds is 6. The van der Waals surface area contributed by atoms with Gasteiger partial charge in [0, 0.05) is 19.3 Å². The van der Waals surface area contributed by atoms with Gasteiger partial charge < -0.3 is 15.7 Å². The number of carboxylic acid groups (broad SMARTS) is 1. The minimum atomic E-state index is -0.995. The summed E-state index contributed by atoms with van der Waals surface area (Å²) in [6.07, 6.45) is -0.178. The van der Waals surface area contributed by atoms with E-state index in [1.807, 2.05) is 0 Å². The molecule has 3 N–H and O–H groups in total. The van der Waals surface area contributed by atoms with Gasteiger partial charge in [-0.1, -0.05) is 18.2 Å². The molecule has 0 aliphatic carbocycles. The van der Waals surface area contributed by atoms with Gasteiger partial charge in [0.2, 0.25) is 5.91 Å². The van der Waals surface area contributed by atoms with Crippen LogP contribution in [0, 0.1) is 0 Å². The van der Waals surface area contributed by atoms with Gasteiger partial charge in [0.05, 0.1) is 13.0 Å². The molecule has 0 radical (unpaired) electrons. The predicted molar refractivity (Wildman–Crippen MR) is 73.5 cm³/mol. The van der Waals surface area contributed by atoms with Crippen molar-refractivity contribution in [2.24, 2.45) is 0 Å². The molecule has 20 heavy (non-hydrogen) atoms. The Bertz CT molecular complexity index is 476. The Morgan fingerprint density at radius 3 is 2.40 bits per heavy atom. The van der Waals surface area contributed by atoms with E-state index in [1.165, 1.54) is 11.9 Å². The molecule has 0 spiro atoms. The van der Waals surface area contributed by atoms with Gasteiger partial charge in [-0.15, -0.1) is 0 Å². The Hall–Kier alpha value is -2.57. The summed E-state index contributed by atoms with van der Waals surface area (Å²) < 4.78 is 0. The van der Waals surface area contributed by atoms with Gasteiger partial charge in [-0.25, -0.2) is 4.79 Å². The number of amides is 3. The van der Waals surface area contributed by atoms with E-state index in [0.29, 0.717) is 5.69 Å². The first-order chi connectivity index (χ1) is 9.54. The number of nitrogens with zero attached hydrogens (tertiary/aromatic N) is 1. The topological polar surface area (TPSA) is 98.7 Å². The maximum Gasteiger partial charge on any atom is 0.322 e.